The summed E-state index contributed by atoms with van der Waals surface area (Å²) >= 11 is 1.78. The number of ether oxygens (including phenoxy) is 2. The van der Waals surface area contributed by atoms with Crippen molar-refractivity contribution in [2.75, 3.05) is 31.2 Å². The van der Waals surface area contributed by atoms with Crippen LogP contribution in [0.2, 0.25) is 0 Å². The maximum absolute atomic E-state index is 11.7. The zero-order chi connectivity index (χ0) is 20.1. The summed E-state index contributed by atoms with van der Waals surface area (Å²) in [5.74, 6) is 1.18. The van der Waals surface area contributed by atoms with Crippen LogP contribution in [0.4, 0.5) is 5.13 Å². The molecular weight excluding hydrogens is 384 g/mol. The van der Waals surface area contributed by atoms with Gasteiger partial charge in [0.05, 0.1) is 29.0 Å². The van der Waals surface area contributed by atoms with Gasteiger partial charge in [-0.2, -0.15) is 0 Å². The normalized spacial score (nSPS) is 14.9. The molecule has 5 nitrogen and oxygen atoms in total. The number of anilines is 1. The Morgan fingerprint density at radius 3 is 2.62 bits per heavy atom. The van der Waals surface area contributed by atoms with Crippen LogP contribution < -0.4 is 9.64 Å². The van der Waals surface area contributed by atoms with E-state index in [9.17, 15) is 4.79 Å². The standard InChI is InChI=1S/C23H26N2O3S/c1-2-27-22(26)18-7-9-19(10-8-18)28-16-13-17-11-14-25(15-12-17)23-24-20-5-3-4-6-21(20)29-23/h3-10,17H,2,11-16H2,1H3. The molecule has 0 bridgehead atoms. The van der Waals surface area contributed by atoms with Gasteiger partial charge in [0.1, 0.15) is 5.75 Å². The average molecular weight is 411 g/mol. The second kappa shape index (κ2) is 9.27. The number of benzene rings is 2. The van der Waals surface area contributed by atoms with Crippen LogP contribution in [-0.4, -0.2) is 37.3 Å². The van der Waals surface area contributed by atoms with Crippen LogP contribution in [0, 0.1) is 5.92 Å². The van der Waals surface area contributed by atoms with Gasteiger partial charge in [-0.25, -0.2) is 9.78 Å². The van der Waals surface area contributed by atoms with E-state index >= 15 is 0 Å². The predicted molar refractivity (Wildman–Crippen MR) is 117 cm³/mol. The topological polar surface area (TPSA) is 51.7 Å². The number of rotatable bonds is 7. The Morgan fingerprint density at radius 2 is 1.90 bits per heavy atom. The van der Waals surface area contributed by atoms with Gasteiger partial charge in [-0.05, 0) is 68.5 Å². The monoisotopic (exact) mass is 410 g/mol. The van der Waals surface area contributed by atoms with Gasteiger partial charge in [-0.15, -0.1) is 0 Å². The molecule has 2 heterocycles. The third-order valence-electron chi connectivity index (χ3n) is 5.33. The fourth-order valence-electron chi connectivity index (χ4n) is 3.65. The SMILES string of the molecule is CCOC(=O)c1ccc(OCCC2CCN(c3nc4ccccc4s3)CC2)cc1. The number of hydrogen-bond acceptors (Lipinski definition) is 6. The molecule has 2 aromatic carbocycles. The highest BCUT2D eigenvalue weighted by Gasteiger charge is 2.21. The van der Waals surface area contributed by atoms with Crippen molar-refractivity contribution in [3.8, 4) is 5.75 Å². The van der Waals surface area contributed by atoms with Crippen LogP contribution in [0.25, 0.3) is 10.2 Å². The first-order valence-electron chi connectivity index (χ1n) is 10.2. The van der Waals surface area contributed by atoms with Crippen molar-refractivity contribution in [1.29, 1.82) is 0 Å². The van der Waals surface area contributed by atoms with Gasteiger partial charge < -0.3 is 14.4 Å². The molecule has 1 aromatic heterocycles. The fourth-order valence-corrected chi connectivity index (χ4v) is 4.67. The van der Waals surface area contributed by atoms with Crippen molar-refractivity contribution in [3.05, 3.63) is 54.1 Å². The summed E-state index contributed by atoms with van der Waals surface area (Å²) in [5, 5.41) is 1.14. The molecule has 0 saturated carbocycles. The quantitative estimate of drug-likeness (QED) is 0.504. The number of thiazole rings is 1. The lowest BCUT2D eigenvalue weighted by Crippen LogP contribution is -2.34. The number of carbonyl (C=O) groups excluding carboxylic acids is 1. The second-order valence-electron chi connectivity index (χ2n) is 7.28. The molecule has 0 amide bonds. The summed E-state index contributed by atoms with van der Waals surface area (Å²) in [4.78, 5) is 18.9. The smallest absolute Gasteiger partial charge is 0.338 e. The summed E-state index contributed by atoms with van der Waals surface area (Å²) < 4.78 is 12.1. The van der Waals surface area contributed by atoms with E-state index in [0.717, 1.165) is 35.9 Å². The lowest BCUT2D eigenvalue weighted by atomic mass is 9.94. The van der Waals surface area contributed by atoms with Gasteiger partial charge in [0.15, 0.2) is 5.13 Å². The Hall–Kier alpha value is -2.60. The van der Waals surface area contributed by atoms with Gasteiger partial charge in [0.25, 0.3) is 0 Å². The van der Waals surface area contributed by atoms with E-state index in [-0.39, 0.29) is 5.97 Å². The highest BCUT2D eigenvalue weighted by molar-refractivity contribution is 7.22. The first-order chi connectivity index (χ1) is 14.2. The molecule has 1 fully saturated rings. The van der Waals surface area contributed by atoms with Crippen molar-refractivity contribution in [2.24, 2.45) is 5.92 Å². The maximum Gasteiger partial charge on any atom is 0.338 e. The molecule has 0 unspecified atom stereocenters. The molecular formula is C23H26N2O3S. The Bertz CT molecular complexity index is 913. The minimum Gasteiger partial charge on any atom is -0.494 e. The number of hydrogen-bond donors (Lipinski definition) is 0. The van der Waals surface area contributed by atoms with Crippen molar-refractivity contribution < 1.29 is 14.3 Å². The first kappa shape index (κ1) is 19.7. The number of nitrogens with zero attached hydrogens (tertiary/aromatic N) is 2. The summed E-state index contributed by atoms with van der Waals surface area (Å²) in [6.45, 7) is 5.00. The van der Waals surface area contributed by atoms with E-state index < -0.39 is 0 Å². The summed E-state index contributed by atoms with van der Waals surface area (Å²) in [5.41, 5.74) is 1.65. The largest absolute Gasteiger partial charge is 0.494 e. The molecule has 0 atom stereocenters. The van der Waals surface area contributed by atoms with Crippen molar-refractivity contribution >= 4 is 32.7 Å². The van der Waals surface area contributed by atoms with Gasteiger partial charge in [0, 0.05) is 13.1 Å². The Morgan fingerprint density at radius 1 is 1.14 bits per heavy atom. The lowest BCUT2D eigenvalue weighted by molar-refractivity contribution is 0.0526. The molecule has 3 aromatic rings. The van der Waals surface area contributed by atoms with Gasteiger partial charge in [-0.3, -0.25) is 0 Å². The zero-order valence-electron chi connectivity index (χ0n) is 16.7. The second-order valence-corrected chi connectivity index (χ2v) is 8.29. The molecule has 0 spiro atoms. The summed E-state index contributed by atoms with van der Waals surface area (Å²) in [6, 6.07) is 15.5. The molecule has 4 rings (SSSR count). The molecule has 6 heteroatoms. The molecule has 0 radical (unpaired) electrons. The maximum atomic E-state index is 11.7. The molecule has 152 valence electrons. The molecule has 1 aliphatic rings. The Balaban J connectivity index is 1.21. The van der Waals surface area contributed by atoms with E-state index in [1.165, 1.54) is 17.5 Å². The van der Waals surface area contributed by atoms with Gasteiger partial charge in [0.2, 0.25) is 0 Å². The molecule has 1 saturated heterocycles. The number of piperidine rings is 1. The number of para-hydroxylation sites is 1. The summed E-state index contributed by atoms with van der Waals surface area (Å²) in [6.07, 6.45) is 3.38. The van der Waals surface area contributed by atoms with Crippen molar-refractivity contribution in [2.45, 2.75) is 26.2 Å². The van der Waals surface area contributed by atoms with E-state index in [1.807, 2.05) is 18.2 Å². The van der Waals surface area contributed by atoms with E-state index in [0.29, 0.717) is 24.7 Å². The lowest BCUT2D eigenvalue weighted by Gasteiger charge is -2.31. The molecule has 1 aliphatic heterocycles. The number of carbonyl (C=O) groups is 1. The van der Waals surface area contributed by atoms with Gasteiger partial charge in [-0.1, -0.05) is 23.5 Å². The van der Waals surface area contributed by atoms with Crippen LogP contribution in [-0.2, 0) is 4.74 Å². The van der Waals surface area contributed by atoms with Crippen molar-refractivity contribution in [3.63, 3.8) is 0 Å². The van der Waals surface area contributed by atoms with Crippen molar-refractivity contribution in [1.82, 2.24) is 4.98 Å². The number of fused-ring (bicyclic) bond motifs is 1. The van der Waals surface area contributed by atoms with Crippen LogP contribution in [0.3, 0.4) is 0 Å². The van der Waals surface area contributed by atoms with Crippen LogP contribution >= 0.6 is 11.3 Å². The van der Waals surface area contributed by atoms with E-state index in [2.05, 4.69) is 23.1 Å². The third kappa shape index (κ3) is 4.88. The van der Waals surface area contributed by atoms with E-state index in [1.54, 1.807) is 30.4 Å². The minimum absolute atomic E-state index is 0.293. The molecule has 0 N–H and O–H groups in total. The molecule has 29 heavy (non-hydrogen) atoms. The van der Waals surface area contributed by atoms with Crippen LogP contribution in [0.15, 0.2) is 48.5 Å². The number of esters is 1. The van der Waals surface area contributed by atoms with E-state index in [4.69, 9.17) is 14.5 Å². The van der Waals surface area contributed by atoms with Crippen LogP contribution in [0.5, 0.6) is 5.75 Å². The predicted octanol–water partition coefficient (Wildman–Crippen LogP) is 5.16. The fraction of sp³-hybridized carbons (Fsp3) is 0.391. The highest BCUT2D eigenvalue weighted by Crippen LogP contribution is 2.32. The highest BCUT2D eigenvalue weighted by atomic mass is 32.1. The first-order valence-corrected chi connectivity index (χ1v) is 11.0. The van der Waals surface area contributed by atoms with Gasteiger partial charge >= 0.3 is 5.97 Å². The number of aromatic nitrogens is 1. The average Bonchev–Trinajstić information content (AvgIpc) is 3.19. The zero-order valence-corrected chi connectivity index (χ0v) is 17.5. The summed E-state index contributed by atoms with van der Waals surface area (Å²) in [7, 11) is 0. The molecule has 0 aliphatic carbocycles. The Kier molecular flexibility index (Phi) is 6.30. The Labute approximate surface area is 175 Å². The third-order valence-corrected chi connectivity index (χ3v) is 6.43. The van der Waals surface area contributed by atoms with Crippen LogP contribution in [0.1, 0.15) is 36.5 Å². The minimum atomic E-state index is -0.293.